The first-order valence-corrected chi connectivity index (χ1v) is 9.34. The van der Waals surface area contributed by atoms with Crippen molar-refractivity contribution >= 4 is 29.0 Å². The number of amides is 1. The van der Waals surface area contributed by atoms with Gasteiger partial charge in [-0.3, -0.25) is 14.8 Å². The summed E-state index contributed by atoms with van der Waals surface area (Å²) < 4.78 is 0. The highest BCUT2D eigenvalue weighted by molar-refractivity contribution is 6.30. The SMILES string of the molecule is CC(=C/N)/C(=C\N)c1nc(N2CCCC(Cc3ccc(Cl)cc3O)C2=O)n[nH]1. The molecule has 148 valence electrons. The summed E-state index contributed by atoms with van der Waals surface area (Å²) >= 11 is 5.88. The van der Waals surface area contributed by atoms with Crippen LogP contribution in [0.2, 0.25) is 5.02 Å². The van der Waals surface area contributed by atoms with Gasteiger partial charge in [-0.15, -0.1) is 5.10 Å². The van der Waals surface area contributed by atoms with Gasteiger partial charge in [0.1, 0.15) is 5.75 Å². The number of allylic oxidation sites excluding steroid dienone is 2. The summed E-state index contributed by atoms with van der Waals surface area (Å²) in [6, 6.07) is 4.93. The van der Waals surface area contributed by atoms with E-state index in [0.717, 1.165) is 18.4 Å². The second-order valence-electron chi connectivity index (χ2n) is 6.72. The number of halogens is 1. The number of nitrogens with zero attached hydrogens (tertiary/aromatic N) is 3. The van der Waals surface area contributed by atoms with E-state index in [9.17, 15) is 9.90 Å². The summed E-state index contributed by atoms with van der Waals surface area (Å²) in [6.07, 6.45) is 4.81. The van der Waals surface area contributed by atoms with E-state index in [0.29, 0.717) is 40.9 Å². The number of phenols is 1. The number of hydrogen-bond acceptors (Lipinski definition) is 6. The number of nitrogens with two attached hydrogens (primary N) is 2. The first kappa shape index (κ1) is 19.8. The van der Waals surface area contributed by atoms with Crippen LogP contribution in [0.1, 0.15) is 31.2 Å². The third kappa shape index (κ3) is 3.96. The van der Waals surface area contributed by atoms with Gasteiger partial charge in [-0.25, -0.2) is 0 Å². The van der Waals surface area contributed by atoms with Crippen LogP contribution in [0.3, 0.4) is 0 Å². The van der Waals surface area contributed by atoms with E-state index in [1.807, 2.05) is 6.92 Å². The van der Waals surface area contributed by atoms with Gasteiger partial charge in [0.25, 0.3) is 5.95 Å². The number of piperidine rings is 1. The minimum Gasteiger partial charge on any atom is -0.508 e. The Bertz CT molecular complexity index is 936. The maximum absolute atomic E-state index is 13.0. The van der Waals surface area contributed by atoms with E-state index >= 15 is 0 Å². The molecule has 0 bridgehead atoms. The zero-order valence-corrected chi connectivity index (χ0v) is 16.3. The number of aromatic nitrogens is 3. The van der Waals surface area contributed by atoms with Crippen LogP contribution in [-0.4, -0.2) is 32.7 Å². The van der Waals surface area contributed by atoms with Crippen LogP contribution in [0.4, 0.5) is 5.95 Å². The van der Waals surface area contributed by atoms with Crippen LogP contribution in [0.25, 0.3) is 5.57 Å². The normalized spacial score (nSPS) is 18.6. The lowest BCUT2D eigenvalue weighted by atomic mass is 9.90. The van der Waals surface area contributed by atoms with Crippen LogP contribution in [0.5, 0.6) is 5.75 Å². The molecule has 0 saturated carbocycles. The Morgan fingerprint density at radius 2 is 2.21 bits per heavy atom. The van der Waals surface area contributed by atoms with E-state index in [1.165, 1.54) is 18.5 Å². The molecule has 1 saturated heterocycles. The molecule has 2 heterocycles. The first-order valence-electron chi connectivity index (χ1n) is 8.97. The molecule has 0 radical (unpaired) electrons. The van der Waals surface area contributed by atoms with E-state index in [-0.39, 0.29) is 17.6 Å². The molecular formula is C19H23ClN6O2. The summed E-state index contributed by atoms with van der Waals surface area (Å²) in [6.45, 7) is 2.34. The largest absolute Gasteiger partial charge is 0.508 e. The van der Waals surface area contributed by atoms with E-state index in [1.54, 1.807) is 17.0 Å². The number of rotatable bonds is 5. The molecule has 1 aromatic heterocycles. The zero-order valence-electron chi connectivity index (χ0n) is 15.5. The summed E-state index contributed by atoms with van der Waals surface area (Å²) in [4.78, 5) is 19.0. The highest BCUT2D eigenvalue weighted by Gasteiger charge is 2.32. The van der Waals surface area contributed by atoms with E-state index in [4.69, 9.17) is 23.1 Å². The van der Waals surface area contributed by atoms with Crippen molar-refractivity contribution < 1.29 is 9.90 Å². The molecule has 0 spiro atoms. The van der Waals surface area contributed by atoms with Crippen molar-refractivity contribution in [2.24, 2.45) is 17.4 Å². The van der Waals surface area contributed by atoms with Crippen molar-refractivity contribution in [3.05, 3.63) is 52.6 Å². The van der Waals surface area contributed by atoms with Gasteiger partial charge in [0.15, 0.2) is 5.82 Å². The monoisotopic (exact) mass is 402 g/mol. The maximum Gasteiger partial charge on any atom is 0.251 e. The molecule has 1 aliphatic rings. The second kappa shape index (κ2) is 8.35. The number of carbonyl (C=O) groups is 1. The topological polar surface area (TPSA) is 134 Å². The fourth-order valence-corrected chi connectivity index (χ4v) is 3.46. The number of aromatic hydroxyl groups is 1. The Labute approximate surface area is 167 Å². The third-order valence-electron chi connectivity index (χ3n) is 4.87. The van der Waals surface area contributed by atoms with Gasteiger partial charge in [0.05, 0.1) is 0 Å². The fourth-order valence-electron chi connectivity index (χ4n) is 3.29. The minimum atomic E-state index is -0.266. The number of nitrogens with one attached hydrogen (secondary N) is 1. The molecule has 1 atom stereocenters. The van der Waals surface area contributed by atoms with Crippen molar-refractivity contribution in [3.8, 4) is 5.75 Å². The quantitative estimate of drug-likeness (QED) is 0.567. The fraction of sp³-hybridized carbons (Fsp3) is 0.316. The van der Waals surface area contributed by atoms with Gasteiger partial charge >= 0.3 is 0 Å². The predicted molar refractivity (Wildman–Crippen MR) is 108 cm³/mol. The van der Waals surface area contributed by atoms with Gasteiger partial charge in [-0.05, 0) is 55.7 Å². The summed E-state index contributed by atoms with van der Waals surface area (Å²) in [7, 11) is 0. The summed E-state index contributed by atoms with van der Waals surface area (Å²) in [5, 5.41) is 17.5. The second-order valence-corrected chi connectivity index (χ2v) is 7.16. The third-order valence-corrected chi connectivity index (χ3v) is 5.11. The lowest BCUT2D eigenvalue weighted by Gasteiger charge is -2.30. The molecular weight excluding hydrogens is 380 g/mol. The first-order chi connectivity index (χ1) is 13.4. The number of benzene rings is 1. The lowest BCUT2D eigenvalue weighted by Crippen LogP contribution is -2.42. The van der Waals surface area contributed by atoms with Gasteiger partial charge in [0.2, 0.25) is 5.91 Å². The number of hydrogen-bond donors (Lipinski definition) is 4. The van der Waals surface area contributed by atoms with Crippen molar-refractivity contribution in [2.45, 2.75) is 26.2 Å². The highest BCUT2D eigenvalue weighted by Crippen LogP contribution is 2.30. The van der Waals surface area contributed by atoms with E-state index in [2.05, 4.69) is 15.2 Å². The number of phenolic OH excluding ortho intramolecular Hbond substituents is 1. The number of aromatic amines is 1. The van der Waals surface area contributed by atoms with Crippen LogP contribution in [0, 0.1) is 5.92 Å². The molecule has 1 aromatic carbocycles. The molecule has 1 amide bonds. The number of anilines is 1. The van der Waals surface area contributed by atoms with Crippen molar-refractivity contribution in [2.75, 3.05) is 11.4 Å². The van der Waals surface area contributed by atoms with Gasteiger partial charge < -0.3 is 16.6 Å². The Hall–Kier alpha value is -3.00. The summed E-state index contributed by atoms with van der Waals surface area (Å²) in [5.41, 5.74) is 13.3. The zero-order chi connectivity index (χ0) is 20.3. The molecule has 2 aromatic rings. The summed E-state index contributed by atoms with van der Waals surface area (Å²) in [5.74, 6) is 0.504. The van der Waals surface area contributed by atoms with Crippen molar-refractivity contribution in [1.82, 2.24) is 15.2 Å². The van der Waals surface area contributed by atoms with Gasteiger partial charge in [0, 0.05) is 29.3 Å². The minimum absolute atomic E-state index is 0.0736. The highest BCUT2D eigenvalue weighted by atomic mass is 35.5. The average Bonchev–Trinajstić information content (AvgIpc) is 3.15. The smallest absolute Gasteiger partial charge is 0.251 e. The van der Waals surface area contributed by atoms with E-state index < -0.39 is 0 Å². The molecule has 6 N–H and O–H groups in total. The Morgan fingerprint density at radius 3 is 2.89 bits per heavy atom. The standard InChI is InChI=1S/C19H23ClN6O2/c1-11(9-21)15(10-22)17-23-19(25-24-17)26-6-2-3-13(18(26)28)7-12-4-5-14(20)8-16(12)27/h4-5,8-10,13,27H,2-3,6-7,21-22H2,1H3,(H,23,24,25)/b11-9-,15-10+. The predicted octanol–water partition coefficient (Wildman–Crippen LogP) is 2.31. The van der Waals surface area contributed by atoms with Gasteiger partial charge in [-0.2, -0.15) is 4.98 Å². The molecule has 9 heteroatoms. The van der Waals surface area contributed by atoms with Crippen LogP contribution in [-0.2, 0) is 11.2 Å². The Morgan fingerprint density at radius 1 is 1.43 bits per heavy atom. The van der Waals surface area contributed by atoms with Crippen LogP contribution in [0.15, 0.2) is 36.2 Å². The molecule has 28 heavy (non-hydrogen) atoms. The number of carbonyl (C=O) groups excluding carboxylic acids is 1. The van der Waals surface area contributed by atoms with Crippen molar-refractivity contribution in [1.29, 1.82) is 0 Å². The van der Waals surface area contributed by atoms with Crippen LogP contribution < -0.4 is 16.4 Å². The lowest BCUT2D eigenvalue weighted by molar-refractivity contribution is -0.123. The van der Waals surface area contributed by atoms with Crippen molar-refractivity contribution in [3.63, 3.8) is 0 Å². The average molecular weight is 403 g/mol. The maximum atomic E-state index is 13.0. The molecule has 8 nitrogen and oxygen atoms in total. The van der Waals surface area contributed by atoms with Gasteiger partial charge in [-0.1, -0.05) is 17.7 Å². The molecule has 1 aliphatic heterocycles. The molecule has 3 rings (SSSR count). The van der Waals surface area contributed by atoms with Crippen LogP contribution >= 0.6 is 11.6 Å². The molecule has 0 aliphatic carbocycles. The Kier molecular flexibility index (Phi) is 5.89. The molecule has 1 fully saturated rings. The molecule has 1 unspecified atom stereocenters. The Balaban J connectivity index is 1.79. The number of H-pyrrole nitrogens is 1.